The Morgan fingerprint density at radius 1 is 1.00 bits per heavy atom. The molecule has 0 heterocycles. The van der Waals surface area contributed by atoms with Crippen LogP contribution in [0.3, 0.4) is 0 Å². The fourth-order valence-corrected chi connectivity index (χ4v) is 1.73. The third kappa shape index (κ3) is 1.23. The Kier molecular flexibility index (Phi) is 1.57. The van der Waals surface area contributed by atoms with Gasteiger partial charge in [0.25, 0.3) is 0 Å². The molecule has 1 aromatic rings. The van der Waals surface area contributed by atoms with Crippen molar-refractivity contribution in [3.05, 3.63) is 29.3 Å². The Morgan fingerprint density at radius 3 is 2.55 bits per heavy atom. The van der Waals surface area contributed by atoms with Gasteiger partial charge in [-0.05, 0) is 48.9 Å². The summed E-state index contributed by atoms with van der Waals surface area (Å²) >= 11 is 0. The molecule has 0 unspecified atom stereocenters. The summed E-state index contributed by atoms with van der Waals surface area (Å²) < 4.78 is 0. The zero-order chi connectivity index (χ0) is 7.68. The molecule has 0 saturated heterocycles. The highest BCUT2D eigenvalue weighted by Gasteiger charge is 2.07. The maximum absolute atomic E-state index is 7.44. The molecule has 57 valence electrons. The summed E-state index contributed by atoms with van der Waals surface area (Å²) in [5.41, 5.74) is 11.0. The number of benzene rings is 1. The predicted octanol–water partition coefficient (Wildman–Crippen LogP) is 2.48. The Labute approximate surface area is 67.2 Å². The second-order valence-electron chi connectivity index (χ2n) is 3.19. The van der Waals surface area contributed by atoms with Crippen LogP contribution in [0, 0.1) is 0 Å². The van der Waals surface area contributed by atoms with E-state index < -0.39 is 0 Å². The van der Waals surface area contributed by atoms with Crippen LogP contribution in [-0.4, -0.2) is 0 Å². The van der Waals surface area contributed by atoms with Gasteiger partial charge in [0.2, 0.25) is 0 Å². The molecule has 0 spiro atoms. The molecule has 1 aliphatic rings. The first-order valence-electron chi connectivity index (χ1n) is 4.20. The third-order valence-electron chi connectivity index (χ3n) is 2.35. The van der Waals surface area contributed by atoms with E-state index in [-0.39, 0.29) is 0 Å². The first-order chi connectivity index (χ1) is 5.36. The molecule has 0 saturated carbocycles. The molecular weight excluding hydrogens is 134 g/mol. The first kappa shape index (κ1) is 6.71. The van der Waals surface area contributed by atoms with Gasteiger partial charge in [-0.3, -0.25) is 0 Å². The van der Waals surface area contributed by atoms with E-state index in [0.717, 1.165) is 0 Å². The normalized spacial score (nSPS) is 16.0. The second-order valence-corrected chi connectivity index (χ2v) is 3.19. The molecule has 0 aliphatic heterocycles. The van der Waals surface area contributed by atoms with Crippen molar-refractivity contribution in [1.82, 2.24) is 5.73 Å². The SMILES string of the molecule is [NH]c1ccc2c(c1)CCCC2. The van der Waals surface area contributed by atoms with Gasteiger partial charge in [0, 0.05) is 0 Å². The molecule has 2 rings (SSSR count). The molecule has 0 atom stereocenters. The molecule has 0 fully saturated rings. The minimum atomic E-state index is 0.658. The highest BCUT2D eigenvalue weighted by Crippen LogP contribution is 2.23. The van der Waals surface area contributed by atoms with Gasteiger partial charge in [0.1, 0.15) is 0 Å². The highest BCUT2D eigenvalue weighted by atomic mass is 14.5. The first-order valence-corrected chi connectivity index (χ1v) is 4.20. The predicted molar refractivity (Wildman–Crippen MR) is 45.8 cm³/mol. The number of nitrogens with one attached hydrogen (secondary N) is 1. The average Bonchev–Trinajstić information content (AvgIpc) is 2.04. The zero-order valence-electron chi connectivity index (χ0n) is 6.56. The van der Waals surface area contributed by atoms with E-state index in [1.165, 1.54) is 36.8 Å². The Bertz CT molecular complexity index is 266. The van der Waals surface area contributed by atoms with Crippen LogP contribution in [0.5, 0.6) is 0 Å². The second kappa shape index (κ2) is 2.57. The topological polar surface area (TPSA) is 23.8 Å². The minimum Gasteiger partial charge on any atom is -0.301 e. The summed E-state index contributed by atoms with van der Waals surface area (Å²) in [5, 5.41) is 0. The van der Waals surface area contributed by atoms with Crippen LogP contribution in [0.1, 0.15) is 24.0 Å². The van der Waals surface area contributed by atoms with Crippen molar-refractivity contribution in [1.29, 1.82) is 0 Å². The van der Waals surface area contributed by atoms with Crippen LogP contribution in [0.4, 0.5) is 5.69 Å². The number of hydrogen-bond acceptors (Lipinski definition) is 0. The summed E-state index contributed by atoms with van der Waals surface area (Å²) in [6.45, 7) is 0. The van der Waals surface area contributed by atoms with E-state index in [0.29, 0.717) is 5.69 Å². The molecule has 0 bridgehead atoms. The van der Waals surface area contributed by atoms with Crippen molar-refractivity contribution in [2.45, 2.75) is 25.7 Å². The van der Waals surface area contributed by atoms with E-state index in [9.17, 15) is 0 Å². The lowest BCUT2D eigenvalue weighted by Gasteiger charge is -2.14. The molecule has 0 aromatic heterocycles. The molecule has 1 heteroatoms. The van der Waals surface area contributed by atoms with Gasteiger partial charge in [-0.1, -0.05) is 6.07 Å². The number of aryl methyl sites for hydroxylation is 2. The Balaban J connectivity index is 2.43. The van der Waals surface area contributed by atoms with Gasteiger partial charge >= 0.3 is 0 Å². The van der Waals surface area contributed by atoms with Crippen LogP contribution in [0.15, 0.2) is 18.2 Å². The van der Waals surface area contributed by atoms with E-state index in [4.69, 9.17) is 5.73 Å². The van der Waals surface area contributed by atoms with E-state index in [1.807, 2.05) is 12.1 Å². The minimum absolute atomic E-state index is 0.658. The lowest BCUT2D eigenvalue weighted by Crippen LogP contribution is -2.01. The van der Waals surface area contributed by atoms with Crippen molar-refractivity contribution in [3.8, 4) is 0 Å². The smallest absolute Gasteiger partial charge is 0.0542 e. The Hall–Kier alpha value is -0.980. The molecular formula is C10H12N. The summed E-state index contributed by atoms with van der Waals surface area (Å²) in [7, 11) is 0. The van der Waals surface area contributed by atoms with Gasteiger partial charge < -0.3 is 5.73 Å². The summed E-state index contributed by atoms with van der Waals surface area (Å²) in [6, 6.07) is 6.01. The largest absolute Gasteiger partial charge is 0.301 e. The number of hydrogen-bond donors (Lipinski definition) is 0. The van der Waals surface area contributed by atoms with Gasteiger partial charge in [-0.2, -0.15) is 0 Å². The lowest BCUT2D eigenvalue weighted by atomic mass is 9.91. The lowest BCUT2D eigenvalue weighted by molar-refractivity contribution is 0.686. The zero-order valence-corrected chi connectivity index (χ0v) is 6.56. The van der Waals surface area contributed by atoms with Gasteiger partial charge in [-0.15, -0.1) is 0 Å². The monoisotopic (exact) mass is 146 g/mol. The van der Waals surface area contributed by atoms with Crippen LogP contribution in [0.25, 0.3) is 0 Å². The molecule has 11 heavy (non-hydrogen) atoms. The Morgan fingerprint density at radius 2 is 1.73 bits per heavy atom. The van der Waals surface area contributed by atoms with E-state index in [1.54, 1.807) is 0 Å². The van der Waals surface area contributed by atoms with Gasteiger partial charge in [0.05, 0.1) is 5.69 Å². The maximum atomic E-state index is 7.44. The van der Waals surface area contributed by atoms with Crippen LogP contribution < -0.4 is 5.73 Å². The van der Waals surface area contributed by atoms with Crippen molar-refractivity contribution in [3.63, 3.8) is 0 Å². The molecule has 1 nitrogen and oxygen atoms in total. The third-order valence-corrected chi connectivity index (χ3v) is 2.35. The molecule has 0 amide bonds. The number of rotatable bonds is 0. The summed E-state index contributed by atoms with van der Waals surface area (Å²) in [5.74, 6) is 0. The van der Waals surface area contributed by atoms with Crippen molar-refractivity contribution in [2.24, 2.45) is 0 Å². The molecule has 1 aliphatic carbocycles. The van der Waals surface area contributed by atoms with Crippen molar-refractivity contribution >= 4 is 5.69 Å². The van der Waals surface area contributed by atoms with Crippen LogP contribution in [0.2, 0.25) is 0 Å². The maximum Gasteiger partial charge on any atom is 0.0542 e. The van der Waals surface area contributed by atoms with Gasteiger partial charge in [-0.25, -0.2) is 0 Å². The molecule has 1 aromatic carbocycles. The fourth-order valence-electron chi connectivity index (χ4n) is 1.73. The van der Waals surface area contributed by atoms with Crippen LogP contribution in [-0.2, 0) is 12.8 Å². The fraction of sp³-hybridized carbons (Fsp3) is 0.400. The van der Waals surface area contributed by atoms with Crippen molar-refractivity contribution in [2.75, 3.05) is 0 Å². The molecule has 1 N–H and O–H groups in total. The highest BCUT2D eigenvalue weighted by molar-refractivity contribution is 5.43. The van der Waals surface area contributed by atoms with Gasteiger partial charge in [0.15, 0.2) is 0 Å². The van der Waals surface area contributed by atoms with E-state index >= 15 is 0 Å². The summed E-state index contributed by atoms with van der Waals surface area (Å²) in [6.07, 6.45) is 5.03. The van der Waals surface area contributed by atoms with Crippen molar-refractivity contribution < 1.29 is 0 Å². The average molecular weight is 146 g/mol. The number of fused-ring (bicyclic) bond motifs is 1. The summed E-state index contributed by atoms with van der Waals surface area (Å²) in [4.78, 5) is 0. The van der Waals surface area contributed by atoms with Crippen LogP contribution >= 0.6 is 0 Å². The quantitative estimate of drug-likeness (QED) is 0.537. The molecule has 1 radical (unpaired) electrons. The van der Waals surface area contributed by atoms with E-state index in [2.05, 4.69) is 6.07 Å². The standard InChI is InChI=1S/C10H12N/c11-10-6-5-8-3-1-2-4-9(8)7-10/h5-7,11H,1-4H2.